The highest BCUT2D eigenvalue weighted by Gasteiger charge is 2.40. The number of benzene rings is 2. The van der Waals surface area contributed by atoms with E-state index in [4.69, 9.17) is 9.05 Å². The molecular formula is C19H25BrNO5PS. The monoisotopic (exact) mass is 489 g/mol. The van der Waals surface area contributed by atoms with Gasteiger partial charge in [-0.2, -0.15) is 4.72 Å². The molecule has 0 aliphatic carbocycles. The molecule has 1 atom stereocenters. The summed E-state index contributed by atoms with van der Waals surface area (Å²) in [5.41, 5.74) is 1.16. The first-order valence-electron chi connectivity index (χ1n) is 9.01. The first kappa shape index (κ1) is 23.3. The number of nitrogens with one attached hydrogen (secondary N) is 1. The third-order valence-corrected chi connectivity index (χ3v) is 8.50. The van der Waals surface area contributed by atoms with Gasteiger partial charge in [-0.3, -0.25) is 4.57 Å². The molecule has 0 spiro atoms. The van der Waals surface area contributed by atoms with Gasteiger partial charge in [0.05, 0.1) is 18.1 Å². The van der Waals surface area contributed by atoms with Crippen molar-refractivity contribution in [2.75, 3.05) is 13.2 Å². The quantitative estimate of drug-likeness (QED) is 0.460. The van der Waals surface area contributed by atoms with Crippen molar-refractivity contribution in [3.05, 3.63) is 64.1 Å². The predicted molar refractivity (Wildman–Crippen MR) is 114 cm³/mol. The molecule has 0 radical (unpaired) electrons. The van der Waals surface area contributed by atoms with Crippen molar-refractivity contribution in [3.8, 4) is 0 Å². The van der Waals surface area contributed by atoms with E-state index < -0.39 is 23.4 Å². The first-order valence-corrected chi connectivity index (χ1v) is 12.9. The second kappa shape index (κ2) is 10.1. The van der Waals surface area contributed by atoms with Crippen LogP contribution < -0.4 is 4.72 Å². The van der Waals surface area contributed by atoms with E-state index in [-0.39, 0.29) is 18.1 Å². The Morgan fingerprint density at radius 2 is 1.64 bits per heavy atom. The summed E-state index contributed by atoms with van der Waals surface area (Å²) in [5.74, 6) is -1.16. The Morgan fingerprint density at radius 1 is 1.04 bits per heavy atom. The Morgan fingerprint density at radius 3 is 2.18 bits per heavy atom. The van der Waals surface area contributed by atoms with Gasteiger partial charge >= 0.3 is 7.60 Å². The lowest BCUT2D eigenvalue weighted by Gasteiger charge is -2.27. The van der Waals surface area contributed by atoms with E-state index in [0.29, 0.717) is 17.5 Å². The van der Waals surface area contributed by atoms with Gasteiger partial charge in [0.15, 0.2) is 0 Å². The highest BCUT2D eigenvalue weighted by atomic mass is 79.9. The third kappa shape index (κ3) is 5.53. The summed E-state index contributed by atoms with van der Waals surface area (Å²) in [6.45, 7) is 5.50. The topological polar surface area (TPSA) is 81.7 Å². The molecule has 0 saturated heterocycles. The SMILES string of the molecule is CCOP(=O)(OCC)C(NS(=O)(=O)c1ccc(Br)cc1CC)c1ccccc1. The molecule has 0 saturated carbocycles. The molecule has 2 aromatic carbocycles. The summed E-state index contributed by atoms with van der Waals surface area (Å²) < 4.78 is 54.1. The standard InChI is InChI=1S/C19H25BrNO5PS/c1-4-15-14-17(20)12-13-18(15)28(23,24)21-19(16-10-8-7-9-11-16)27(22,25-5-2)26-6-3/h7-14,19,21H,4-6H2,1-3H3. The van der Waals surface area contributed by atoms with Crippen molar-refractivity contribution in [3.63, 3.8) is 0 Å². The Balaban J connectivity index is 2.55. The minimum Gasteiger partial charge on any atom is -0.308 e. The zero-order chi connectivity index (χ0) is 20.8. The Labute approximate surface area is 175 Å². The Hall–Kier alpha value is -1.02. The zero-order valence-corrected chi connectivity index (χ0v) is 19.4. The Bertz CT molecular complexity index is 927. The molecule has 154 valence electrons. The molecule has 0 heterocycles. The van der Waals surface area contributed by atoms with Crippen LogP contribution in [0.15, 0.2) is 57.9 Å². The van der Waals surface area contributed by atoms with Gasteiger partial charge in [-0.25, -0.2) is 8.42 Å². The first-order chi connectivity index (χ1) is 13.3. The van der Waals surface area contributed by atoms with Crippen LogP contribution in [0, 0.1) is 0 Å². The van der Waals surface area contributed by atoms with Gasteiger partial charge in [-0.15, -0.1) is 0 Å². The molecule has 0 fully saturated rings. The number of sulfonamides is 1. The molecule has 0 aliphatic rings. The predicted octanol–water partition coefficient (Wildman–Crippen LogP) is 5.25. The van der Waals surface area contributed by atoms with Crippen LogP contribution >= 0.6 is 23.5 Å². The summed E-state index contributed by atoms with van der Waals surface area (Å²) in [5, 5.41) is 0. The van der Waals surface area contributed by atoms with Crippen LogP contribution in [0.3, 0.4) is 0 Å². The van der Waals surface area contributed by atoms with Crippen molar-refractivity contribution >= 4 is 33.5 Å². The second-order valence-corrected chi connectivity index (χ2v) is 10.6. The summed E-state index contributed by atoms with van der Waals surface area (Å²) in [6.07, 6.45) is 0.528. The van der Waals surface area contributed by atoms with Gasteiger partial charge in [-0.05, 0) is 49.6 Å². The van der Waals surface area contributed by atoms with Crippen LogP contribution in [-0.4, -0.2) is 21.6 Å². The minimum atomic E-state index is -3.99. The number of hydrogen-bond acceptors (Lipinski definition) is 5. The maximum Gasteiger partial charge on any atom is 0.352 e. The molecule has 0 bridgehead atoms. The molecule has 28 heavy (non-hydrogen) atoms. The summed E-state index contributed by atoms with van der Waals surface area (Å²) in [4.78, 5) is 0.138. The fourth-order valence-corrected chi connectivity index (χ4v) is 7.12. The fourth-order valence-electron chi connectivity index (χ4n) is 2.79. The van der Waals surface area contributed by atoms with Crippen LogP contribution in [0.4, 0.5) is 0 Å². The summed E-state index contributed by atoms with van der Waals surface area (Å²) in [7, 11) is -7.79. The lowest BCUT2D eigenvalue weighted by molar-refractivity contribution is 0.210. The number of rotatable bonds is 10. The highest BCUT2D eigenvalue weighted by Crippen LogP contribution is 2.60. The molecule has 9 heteroatoms. The Kier molecular flexibility index (Phi) is 8.43. The number of hydrogen-bond donors (Lipinski definition) is 1. The zero-order valence-electron chi connectivity index (χ0n) is 16.1. The van der Waals surface area contributed by atoms with Gasteiger partial charge in [0.1, 0.15) is 5.78 Å². The number of halogens is 1. The molecule has 2 aromatic rings. The van der Waals surface area contributed by atoms with Gasteiger partial charge in [0, 0.05) is 4.47 Å². The third-order valence-electron chi connectivity index (χ3n) is 4.01. The van der Waals surface area contributed by atoms with Crippen molar-refractivity contribution in [2.45, 2.75) is 37.9 Å². The highest BCUT2D eigenvalue weighted by molar-refractivity contribution is 9.10. The van der Waals surface area contributed by atoms with Crippen LogP contribution in [0.5, 0.6) is 0 Å². The van der Waals surface area contributed by atoms with E-state index in [2.05, 4.69) is 20.7 Å². The molecule has 0 aliphatic heterocycles. The largest absolute Gasteiger partial charge is 0.352 e. The molecular weight excluding hydrogens is 465 g/mol. The molecule has 2 rings (SSSR count). The second-order valence-electron chi connectivity index (χ2n) is 5.92. The molecule has 0 amide bonds. The average Bonchev–Trinajstić information content (AvgIpc) is 2.67. The van der Waals surface area contributed by atoms with Crippen LogP contribution in [0.25, 0.3) is 0 Å². The fraction of sp³-hybridized carbons (Fsp3) is 0.368. The molecule has 6 nitrogen and oxygen atoms in total. The summed E-state index contributed by atoms with van der Waals surface area (Å²) in [6, 6.07) is 13.6. The van der Waals surface area contributed by atoms with Crippen molar-refractivity contribution in [1.82, 2.24) is 4.72 Å². The lowest BCUT2D eigenvalue weighted by Crippen LogP contribution is -2.30. The van der Waals surface area contributed by atoms with E-state index in [1.165, 1.54) is 6.07 Å². The summed E-state index contributed by atoms with van der Waals surface area (Å²) >= 11 is 3.36. The van der Waals surface area contributed by atoms with Gasteiger partial charge in [0.25, 0.3) is 0 Å². The molecule has 1 N–H and O–H groups in total. The normalized spacial score (nSPS) is 13.4. The van der Waals surface area contributed by atoms with E-state index in [1.807, 2.05) is 6.92 Å². The maximum absolute atomic E-state index is 13.5. The number of aryl methyl sites for hydroxylation is 1. The lowest BCUT2D eigenvalue weighted by atomic mass is 10.2. The van der Waals surface area contributed by atoms with E-state index in [1.54, 1.807) is 56.3 Å². The van der Waals surface area contributed by atoms with Crippen LogP contribution in [-0.2, 0) is 30.1 Å². The van der Waals surface area contributed by atoms with Crippen molar-refractivity contribution < 1.29 is 22.0 Å². The molecule has 1 unspecified atom stereocenters. The molecule has 0 aromatic heterocycles. The van der Waals surface area contributed by atoms with Crippen LogP contribution in [0.2, 0.25) is 0 Å². The average molecular weight is 490 g/mol. The van der Waals surface area contributed by atoms with Crippen LogP contribution in [0.1, 0.15) is 37.7 Å². The van der Waals surface area contributed by atoms with Crippen molar-refractivity contribution in [2.24, 2.45) is 0 Å². The maximum atomic E-state index is 13.5. The van der Waals surface area contributed by atoms with Gasteiger partial charge < -0.3 is 9.05 Å². The minimum absolute atomic E-state index is 0.126. The van der Waals surface area contributed by atoms with E-state index >= 15 is 0 Å². The van der Waals surface area contributed by atoms with Crippen molar-refractivity contribution in [1.29, 1.82) is 0 Å². The van der Waals surface area contributed by atoms with E-state index in [9.17, 15) is 13.0 Å². The van der Waals surface area contributed by atoms with E-state index in [0.717, 1.165) is 4.47 Å². The van der Waals surface area contributed by atoms with Gasteiger partial charge in [0.2, 0.25) is 10.0 Å². The van der Waals surface area contributed by atoms with Gasteiger partial charge in [-0.1, -0.05) is 53.2 Å². The smallest absolute Gasteiger partial charge is 0.308 e.